The van der Waals surface area contributed by atoms with Crippen LogP contribution in [0.4, 0.5) is 5.82 Å². The number of aromatic nitrogens is 4. The van der Waals surface area contributed by atoms with E-state index < -0.39 is 0 Å². The molecule has 5 heterocycles. The van der Waals surface area contributed by atoms with Crippen LogP contribution in [0.1, 0.15) is 41.4 Å². The number of nitrogens with one attached hydrogen (secondary N) is 1. The molecular weight excluding hydrogens is 684 g/mol. The molecule has 8 rings (SSSR count). The van der Waals surface area contributed by atoms with Crippen LogP contribution in [0.25, 0.3) is 16.9 Å². The first kappa shape index (κ1) is 33.9. The van der Waals surface area contributed by atoms with Crippen LogP contribution in [-0.4, -0.2) is 81.1 Å². The lowest BCUT2D eigenvalue weighted by atomic mass is 9.73. The van der Waals surface area contributed by atoms with Crippen LogP contribution in [0.15, 0.2) is 76.9 Å². The Hall–Kier alpha value is -4.20. The van der Waals surface area contributed by atoms with E-state index in [4.69, 9.17) is 37.0 Å². The van der Waals surface area contributed by atoms with Crippen molar-refractivity contribution in [1.82, 2.24) is 29.6 Å². The maximum atomic E-state index is 12.5. The highest BCUT2D eigenvalue weighted by Gasteiger charge is 2.46. The van der Waals surface area contributed by atoms with Gasteiger partial charge in [0.15, 0.2) is 18.1 Å². The fourth-order valence-corrected chi connectivity index (χ4v) is 8.83. The molecule has 0 saturated carbocycles. The molecule has 264 valence electrons. The molecule has 1 amide bonds. The van der Waals surface area contributed by atoms with Gasteiger partial charge in [-0.15, -0.1) is 0 Å². The average molecular weight is 725 g/mol. The van der Waals surface area contributed by atoms with Crippen molar-refractivity contribution in [1.29, 1.82) is 0 Å². The topological polar surface area (TPSA) is 134 Å². The third-order valence-corrected chi connectivity index (χ3v) is 12.2. The zero-order valence-corrected chi connectivity index (χ0v) is 30.1. The summed E-state index contributed by atoms with van der Waals surface area (Å²) in [5, 5.41) is 14.8. The second-order valence-electron chi connectivity index (χ2n) is 13.6. The molecule has 0 unspecified atom stereocenters. The fraction of sp³-hybridized carbons (Fsp3) is 0.368. The molecule has 0 radical (unpaired) electrons. The largest absolute Gasteiger partial charge is 0.484 e. The van der Waals surface area contributed by atoms with Crippen molar-refractivity contribution in [2.75, 3.05) is 50.8 Å². The summed E-state index contributed by atoms with van der Waals surface area (Å²) in [5.41, 5.74) is 13.1. The lowest BCUT2D eigenvalue weighted by molar-refractivity contribution is -0.133. The van der Waals surface area contributed by atoms with Crippen molar-refractivity contribution >= 4 is 40.7 Å². The van der Waals surface area contributed by atoms with Crippen molar-refractivity contribution in [2.45, 2.75) is 48.8 Å². The van der Waals surface area contributed by atoms with Crippen LogP contribution >= 0.6 is 23.4 Å². The van der Waals surface area contributed by atoms with Gasteiger partial charge in [-0.2, -0.15) is 0 Å². The van der Waals surface area contributed by atoms with Gasteiger partial charge in [0.25, 0.3) is 5.91 Å². The third-order valence-electron chi connectivity index (χ3n) is 10.6. The number of carbonyl (C=O) groups excluding carboxylic acids is 1. The van der Waals surface area contributed by atoms with Crippen molar-refractivity contribution in [3.63, 3.8) is 0 Å². The minimum Gasteiger partial charge on any atom is -0.484 e. The van der Waals surface area contributed by atoms with Crippen LogP contribution < -0.4 is 20.7 Å². The number of piperazine rings is 1. The van der Waals surface area contributed by atoms with Gasteiger partial charge < -0.3 is 35.1 Å². The number of aliphatic hydroxyl groups is 1. The lowest BCUT2D eigenvalue weighted by Gasteiger charge is -2.43. The van der Waals surface area contributed by atoms with Crippen LogP contribution in [0.2, 0.25) is 5.02 Å². The normalized spacial score (nSPS) is 18.4. The number of nitrogens with zero attached hydrogens (tertiary/aromatic N) is 6. The molecule has 13 heteroatoms. The molecule has 1 atom stereocenters. The van der Waals surface area contributed by atoms with Crippen LogP contribution in [0, 0.1) is 12.3 Å². The van der Waals surface area contributed by atoms with E-state index in [1.54, 1.807) is 0 Å². The highest BCUT2D eigenvalue weighted by atomic mass is 35.5. The SMILES string of the molecule is Cc1nc(N2CCC3(CC2)Cc2ccccc2[C@H]3N)c(CO)nc1Sc1ccn2cc(-c3ccc(OCC(=O)N4CCNCC4)cc3)nc2c1Cl. The number of nitrogens with two attached hydrogens (primary N) is 1. The molecular formula is C38H41ClN8O3S. The summed E-state index contributed by atoms with van der Waals surface area (Å²) in [6, 6.07) is 18.1. The standard InChI is InChI=1S/C38H41ClN8O3S/c1-24-37(44-30(22-48)35(42-24)46-16-11-38(12-17-46)20-26-4-2-3-5-28(26)34(38)40)51-31-10-15-47-21-29(43-36(47)33(31)39)25-6-8-27(9-7-25)50-23-32(49)45-18-13-41-14-19-45/h2-10,15,21,34,41,48H,11-14,16-20,22-23,40H2,1H3/t34-/m1/s1. The Morgan fingerprint density at radius 3 is 2.57 bits per heavy atom. The lowest BCUT2D eigenvalue weighted by Crippen LogP contribution is -2.47. The van der Waals surface area contributed by atoms with E-state index >= 15 is 0 Å². The Morgan fingerprint density at radius 2 is 1.82 bits per heavy atom. The predicted octanol–water partition coefficient (Wildman–Crippen LogP) is 5.05. The molecule has 1 spiro atoms. The van der Waals surface area contributed by atoms with E-state index in [9.17, 15) is 9.90 Å². The Labute approximate surface area is 306 Å². The molecule has 3 aliphatic rings. The zero-order chi connectivity index (χ0) is 35.1. The number of hydrogen-bond acceptors (Lipinski definition) is 10. The number of rotatable bonds is 8. The Bertz CT molecular complexity index is 2080. The number of amides is 1. The van der Waals surface area contributed by atoms with Crippen LogP contribution in [-0.2, 0) is 17.8 Å². The number of benzene rings is 2. The Balaban J connectivity index is 0.947. The molecule has 3 aromatic heterocycles. The summed E-state index contributed by atoms with van der Waals surface area (Å²) in [5.74, 6) is 1.35. The second kappa shape index (κ2) is 14.1. The van der Waals surface area contributed by atoms with Gasteiger partial charge in [0.05, 0.1) is 23.0 Å². The van der Waals surface area contributed by atoms with Gasteiger partial charge in [0.1, 0.15) is 16.5 Å². The van der Waals surface area contributed by atoms with E-state index in [1.807, 2.05) is 58.9 Å². The maximum absolute atomic E-state index is 12.5. The summed E-state index contributed by atoms with van der Waals surface area (Å²) < 4.78 is 7.67. The number of piperidine rings is 1. The molecule has 5 aromatic rings. The number of halogens is 1. The van der Waals surface area contributed by atoms with Crippen molar-refractivity contribution in [3.8, 4) is 17.0 Å². The van der Waals surface area contributed by atoms with Gasteiger partial charge in [-0.1, -0.05) is 47.6 Å². The molecule has 2 saturated heterocycles. The van der Waals surface area contributed by atoms with Crippen molar-refractivity contribution in [3.05, 3.63) is 94.5 Å². The number of aryl methyl sites for hydroxylation is 1. The summed E-state index contributed by atoms with van der Waals surface area (Å²) in [6.45, 7) is 6.39. The number of pyridine rings is 1. The number of imidazole rings is 1. The minimum atomic E-state index is -0.213. The zero-order valence-electron chi connectivity index (χ0n) is 28.5. The Kier molecular flexibility index (Phi) is 9.36. The molecule has 2 aromatic carbocycles. The van der Waals surface area contributed by atoms with Gasteiger partial charge in [0, 0.05) is 68.2 Å². The van der Waals surface area contributed by atoms with Gasteiger partial charge in [0.2, 0.25) is 0 Å². The van der Waals surface area contributed by atoms with E-state index in [2.05, 4.69) is 34.5 Å². The maximum Gasteiger partial charge on any atom is 0.260 e. The first-order chi connectivity index (χ1) is 24.8. The summed E-state index contributed by atoms with van der Waals surface area (Å²) in [6.07, 6.45) is 6.80. The molecule has 1 aliphatic carbocycles. The van der Waals surface area contributed by atoms with Gasteiger partial charge in [-0.05, 0) is 73.1 Å². The molecule has 4 N–H and O–H groups in total. The highest BCUT2D eigenvalue weighted by Crippen LogP contribution is 2.51. The number of ether oxygens (including phenoxy) is 1. The number of anilines is 1. The first-order valence-corrected chi connectivity index (χ1v) is 18.6. The molecule has 2 fully saturated rings. The van der Waals surface area contributed by atoms with E-state index in [-0.39, 0.29) is 30.6 Å². The number of aliphatic hydroxyl groups excluding tert-OH is 1. The molecule has 2 aliphatic heterocycles. The predicted molar refractivity (Wildman–Crippen MR) is 198 cm³/mol. The first-order valence-electron chi connectivity index (χ1n) is 17.5. The van der Waals surface area contributed by atoms with Crippen molar-refractivity contribution in [2.24, 2.45) is 11.1 Å². The molecule has 51 heavy (non-hydrogen) atoms. The third kappa shape index (κ3) is 6.55. The smallest absolute Gasteiger partial charge is 0.260 e. The van der Waals surface area contributed by atoms with Gasteiger partial charge in [-0.25, -0.2) is 15.0 Å². The second-order valence-corrected chi connectivity index (χ2v) is 15.1. The minimum absolute atomic E-state index is 0.00879. The summed E-state index contributed by atoms with van der Waals surface area (Å²) >= 11 is 8.37. The van der Waals surface area contributed by atoms with Gasteiger partial charge >= 0.3 is 0 Å². The number of carbonyl (C=O) groups is 1. The number of fused-ring (bicyclic) bond motifs is 2. The highest BCUT2D eigenvalue weighted by molar-refractivity contribution is 7.99. The van der Waals surface area contributed by atoms with Gasteiger partial charge in [-0.3, -0.25) is 4.79 Å². The van der Waals surface area contributed by atoms with Crippen LogP contribution in [0.5, 0.6) is 5.75 Å². The van der Waals surface area contributed by atoms with E-state index in [1.165, 1.54) is 22.9 Å². The monoisotopic (exact) mass is 724 g/mol. The van der Waals surface area contributed by atoms with E-state index in [0.29, 0.717) is 40.2 Å². The molecule has 11 nitrogen and oxygen atoms in total. The quantitative estimate of drug-likeness (QED) is 0.200. The van der Waals surface area contributed by atoms with Crippen molar-refractivity contribution < 1.29 is 14.6 Å². The number of hydrogen-bond donors (Lipinski definition) is 3. The van der Waals surface area contributed by atoms with Crippen LogP contribution in [0.3, 0.4) is 0 Å². The van der Waals surface area contributed by atoms with E-state index in [0.717, 1.165) is 73.1 Å². The summed E-state index contributed by atoms with van der Waals surface area (Å²) in [4.78, 5) is 32.1. The Morgan fingerprint density at radius 1 is 1.06 bits per heavy atom. The average Bonchev–Trinajstić information content (AvgIpc) is 3.72. The fourth-order valence-electron chi connectivity index (χ4n) is 7.65. The summed E-state index contributed by atoms with van der Waals surface area (Å²) in [7, 11) is 0. The molecule has 0 bridgehead atoms.